The standard InChI is InChI=1S/C21H31NO3/c23-19-13-15-22(18-11-5-2-6-12-18)16-21(19,20(24)25)14-7-10-17-8-3-1-4-9-17/h1,3-4,8-9,18-19,23H,2,5-7,10-16H2,(H,24,25)/t19-,21-/m1/s1. The average Bonchev–Trinajstić information content (AvgIpc) is 2.65. The molecule has 0 unspecified atom stereocenters. The van der Waals surface area contributed by atoms with E-state index in [2.05, 4.69) is 17.0 Å². The first kappa shape index (κ1) is 18.4. The average molecular weight is 345 g/mol. The van der Waals surface area contributed by atoms with E-state index in [1.54, 1.807) is 0 Å². The van der Waals surface area contributed by atoms with Crippen LogP contribution in [0.4, 0.5) is 0 Å². The van der Waals surface area contributed by atoms with Gasteiger partial charge in [-0.05, 0) is 44.1 Å². The lowest BCUT2D eigenvalue weighted by atomic mass is 9.72. The van der Waals surface area contributed by atoms with E-state index >= 15 is 0 Å². The normalized spacial score (nSPS) is 28.8. The summed E-state index contributed by atoms with van der Waals surface area (Å²) in [6.07, 6.45) is 8.20. The SMILES string of the molecule is O=C(O)[C@]1(CCCc2ccccc2)CN(C2CCCCC2)CC[C@H]1O. The molecule has 1 aromatic carbocycles. The molecule has 0 amide bonds. The Balaban J connectivity index is 1.66. The van der Waals surface area contributed by atoms with Crippen LogP contribution in [0.15, 0.2) is 30.3 Å². The first-order chi connectivity index (χ1) is 12.1. The first-order valence-electron chi connectivity index (χ1n) is 9.81. The van der Waals surface area contributed by atoms with Gasteiger partial charge >= 0.3 is 5.97 Å². The third-order valence-corrected chi connectivity index (χ3v) is 6.26. The highest BCUT2D eigenvalue weighted by Gasteiger charge is 2.49. The number of piperidine rings is 1. The number of hydrogen-bond acceptors (Lipinski definition) is 3. The summed E-state index contributed by atoms with van der Waals surface area (Å²) in [6, 6.07) is 10.7. The number of carboxylic acid groups (broad SMARTS) is 1. The summed E-state index contributed by atoms with van der Waals surface area (Å²) in [4.78, 5) is 14.5. The van der Waals surface area contributed by atoms with Gasteiger partial charge in [0.1, 0.15) is 5.41 Å². The Kier molecular flexibility index (Phi) is 6.13. The molecule has 1 heterocycles. The molecule has 0 bridgehead atoms. The van der Waals surface area contributed by atoms with Gasteiger partial charge in [-0.3, -0.25) is 9.69 Å². The molecule has 138 valence electrons. The van der Waals surface area contributed by atoms with Crippen LogP contribution in [0.1, 0.15) is 56.9 Å². The van der Waals surface area contributed by atoms with Crippen molar-refractivity contribution in [3.63, 3.8) is 0 Å². The van der Waals surface area contributed by atoms with Gasteiger partial charge in [0.15, 0.2) is 0 Å². The Labute approximate surface area is 150 Å². The van der Waals surface area contributed by atoms with Crippen LogP contribution in [0.3, 0.4) is 0 Å². The number of rotatable bonds is 6. The highest BCUT2D eigenvalue weighted by molar-refractivity contribution is 5.76. The maximum Gasteiger partial charge on any atom is 0.313 e. The Morgan fingerprint density at radius 2 is 1.84 bits per heavy atom. The number of benzene rings is 1. The zero-order valence-corrected chi connectivity index (χ0v) is 15.1. The minimum atomic E-state index is -1.01. The highest BCUT2D eigenvalue weighted by Crippen LogP contribution is 2.38. The van der Waals surface area contributed by atoms with E-state index in [1.807, 2.05) is 18.2 Å². The van der Waals surface area contributed by atoms with Crippen molar-refractivity contribution in [3.05, 3.63) is 35.9 Å². The molecule has 4 nitrogen and oxygen atoms in total. The molecule has 2 aliphatic rings. The molecule has 1 saturated carbocycles. The lowest BCUT2D eigenvalue weighted by Gasteiger charge is -2.47. The number of nitrogens with zero attached hydrogens (tertiary/aromatic N) is 1. The van der Waals surface area contributed by atoms with Gasteiger partial charge in [0.2, 0.25) is 0 Å². The fourth-order valence-electron chi connectivity index (χ4n) is 4.68. The van der Waals surface area contributed by atoms with E-state index in [1.165, 1.54) is 37.7 Å². The van der Waals surface area contributed by atoms with Gasteiger partial charge in [-0.1, -0.05) is 49.6 Å². The summed E-state index contributed by atoms with van der Waals surface area (Å²) in [5.41, 5.74) is 0.224. The molecule has 4 heteroatoms. The second-order valence-electron chi connectivity index (χ2n) is 7.87. The summed E-state index contributed by atoms with van der Waals surface area (Å²) in [5.74, 6) is -0.825. The van der Waals surface area contributed by atoms with Crippen molar-refractivity contribution in [1.29, 1.82) is 0 Å². The third kappa shape index (κ3) is 4.24. The van der Waals surface area contributed by atoms with Crippen molar-refractivity contribution >= 4 is 5.97 Å². The predicted molar refractivity (Wildman–Crippen MR) is 98.5 cm³/mol. The molecule has 0 radical (unpaired) electrons. The Morgan fingerprint density at radius 1 is 1.12 bits per heavy atom. The Hall–Kier alpha value is -1.39. The number of aliphatic hydroxyl groups excluding tert-OH is 1. The summed E-state index contributed by atoms with van der Waals surface area (Å²) < 4.78 is 0. The number of aliphatic carboxylic acids is 1. The second kappa shape index (κ2) is 8.33. The summed E-state index contributed by atoms with van der Waals surface area (Å²) >= 11 is 0. The molecule has 2 N–H and O–H groups in total. The number of aryl methyl sites for hydroxylation is 1. The second-order valence-corrected chi connectivity index (χ2v) is 7.87. The van der Waals surface area contributed by atoms with Crippen molar-refractivity contribution in [3.8, 4) is 0 Å². The van der Waals surface area contributed by atoms with Crippen LogP contribution < -0.4 is 0 Å². The lowest BCUT2D eigenvalue weighted by Crippen LogP contribution is -2.58. The molecule has 0 spiro atoms. The van der Waals surface area contributed by atoms with Crippen LogP contribution in [0, 0.1) is 5.41 Å². The van der Waals surface area contributed by atoms with Gasteiger partial charge in [-0.25, -0.2) is 0 Å². The first-order valence-corrected chi connectivity index (χ1v) is 9.81. The fourth-order valence-corrected chi connectivity index (χ4v) is 4.68. The van der Waals surface area contributed by atoms with Crippen molar-refractivity contribution < 1.29 is 15.0 Å². The van der Waals surface area contributed by atoms with Crippen molar-refractivity contribution in [2.45, 2.75) is 69.9 Å². The van der Waals surface area contributed by atoms with Crippen LogP contribution in [0.2, 0.25) is 0 Å². The summed E-state index contributed by atoms with van der Waals surface area (Å²) in [6.45, 7) is 1.34. The molecule has 1 aliphatic carbocycles. The monoisotopic (exact) mass is 345 g/mol. The number of likely N-dealkylation sites (tertiary alicyclic amines) is 1. The summed E-state index contributed by atoms with van der Waals surface area (Å²) in [5, 5.41) is 20.6. The predicted octanol–water partition coefficient (Wildman–Crippen LogP) is 3.48. The molecular weight excluding hydrogens is 314 g/mol. The van der Waals surface area contributed by atoms with Crippen molar-refractivity contribution in [2.75, 3.05) is 13.1 Å². The van der Waals surface area contributed by atoms with Gasteiger partial charge in [0.05, 0.1) is 6.10 Å². The fraction of sp³-hybridized carbons (Fsp3) is 0.667. The molecule has 3 rings (SSSR count). The highest BCUT2D eigenvalue weighted by atomic mass is 16.4. The lowest BCUT2D eigenvalue weighted by molar-refractivity contribution is -0.166. The largest absolute Gasteiger partial charge is 0.481 e. The number of carbonyl (C=O) groups is 1. The quantitative estimate of drug-likeness (QED) is 0.829. The van der Waals surface area contributed by atoms with E-state index in [0.717, 1.165) is 19.4 Å². The van der Waals surface area contributed by atoms with E-state index in [9.17, 15) is 15.0 Å². The molecular formula is C21H31NO3. The molecule has 1 aromatic rings. The summed E-state index contributed by atoms with van der Waals surface area (Å²) in [7, 11) is 0. The molecule has 25 heavy (non-hydrogen) atoms. The molecule has 2 fully saturated rings. The van der Waals surface area contributed by atoms with E-state index in [4.69, 9.17) is 0 Å². The zero-order chi connectivity index (χ0) is 17.7. The number of hydrogen-bond donors (Lipinski definition) is 2. The van der Waals surface area contributed by atoms with Crippen molar-refractivity contribution in [2.24, 2.45) is 5.41 Å². The van der Waals surface area contributed by atoms with Gasteiger partial charge in [-0.2, -0.15) is 0 Å². The topological polar surface area (TPSA) is 60.8 Å². The third-order valence-electron chi connectivity index (χ3n) is 6.26. The maximum absolute atomic E-state index is 12.2. The van der Waals surface area contributed by atoms with Crippen molar-refractivity contribution in [1.82, 2.24) is 4.90 Å². The van der Waals surface area contributed by atoms with Gasteiger partial charge in [0.25, 0.3) is 0 Å². The van der Waals surface area contributed by atoms with Crippen LogP contribution in [-0.4, -0.2) is 46.3 Å². The van der Waals surface area contributed by atoms with Crippen LogP contribution in [0.5, 0.6) is 0 Å². The smallest absolute Gasteiger partial charge is 0.313 e. The molecule has 1 saturated heterocycles. The molecule has 2 atom stereocenters. The van der Waals surface area contributed by atoms with E-state index in [0.29, 0.717) is 25.4 Å². The maximum atomic E-state index is 12.2. The zero-order valence-electron chi connectivity index (χ0n) is 15.1. The van der Waals surface area contributed by atoms with Crippen LogP contribution in [0.25, 0.3) is 0 Å². The Bertz CT molecular complexity index is 556. The molecule has 1 aliphatic heterocycles. The van der Waals surface area contributed by atoms with Crippen LogP contribution in [-0.2, 0) is 11.2 Å². The molecule has 0 aromatic heterocycles. The Morgan fingerprint density at radius 3 is 2.52 bits per heavy atom. The number of carboxylic acids is 1. The van der Waals surface area contributed by atoms with Gasteiger partial charge in [0, 0.05) is 19.1 Å². The minimum absolute atomic E-state index is 0.503. The van der Waals surface area contributed by atoms with Gasteiger partial charge in [-0.15, -0.1) is 0 Å². The minimum Gasteiger partial charge on any atom is -0.481 e. The van der Waals surface area contributed by atoms with Crippen LogP contribution >= 0.6 is 0 Å². The van der Waals surface area contributed by atoms with E-state index < -0.39 is 17.5 Å². The number of aliphatic hydroxyl groups is 1. The van der Waals surface area contributed by atoms with E-state index in [-0.39, 0.29) is 0 Å². The van der Waals surface area contributed by atoms with Gasteiger partial charge < -0.3 is 10.2 Å².